The summed E-state index contributed by atoms with van der Waals surface area (Å²) in [5.41, 5.74) is 2.27. The first-order valence-corrected chi connectivity index (χ1v) is 5.25. The average Bonchev–Trinajstić information content (AvgIpc) is 2.18. The summed E-state index contributed by atoms with van der Waals surface area (Å²) in [4.78, 5) is 0. The highest BCUT2D eigenvalue weighted by Crippen LogP contribution is 2.17. The first-order chi connectivity index (χ1) is 6.74. The van der Waals surface area contributed by atoms with E-state index in [9.17, 15) is 0 Å². The highest BCUT2D eigenvalue weighted by Gasteiger charge is 1.93. The quantitative estimate of drug-likeness (QED) is 0.751. The van der Waals surface area contributed by atoms with Crippen LogP contribution in [0.3, 0.4) is 0 Å². The van der Waals surface area contributed by atoms with Gasteiger partial charge in [-0.1, -0.05) is 42.8 Å². The lowest BCUT2D eigenvalue weighted by molar-refractivity contribution is 0.801. The van der Waals surface area contributed by atoms with Gasteiger partial charge in [0.15, 0.2) is 0 Å². The lowest BCUT2D eigenvalue weighted by Crippen LogP contribution is -2.11. The largest absolute Gasteiger partial charge is 0.314 e. The molecule has 76 valence electrons. The minimum atomic E-state index is 0.829. The van der Waals surface area contributed by atoms with E-state index in [-0.39, 0.29) is 0 Å². The van der Waals surface area contributed by atoms with Crippen LogP contribution in [0.25, 0.3) is 6.08 Å². The molecule has 1 aromatic carbocycles. The van der Waals surface area contributed by atoms with Gasteiger partial charge in [-0.15, -0.1) is 0 Å². The van der Waals surface area contributed by atoms with Crippen LogP contribution < -0.4 is 5.32 Å². The molecule has 0 radical (unpaired) electrons. The van der Waals surface area contributed by atoms with Gasteiger partial charge >= 0.3 is 0 Å². The lowest BCUT2D eigenvalue weighted by Gasteiger charge is -1.99. The molecule has 0 fully saturated rings. The van der Waals surface area contributed by atoms with Gasteiger partial charge in [-0.05, 0) is 30.7 Å². The van der Waals surface area contributed by atoms with E-state index in [0.717, 1.165) is 29.2 Å². The van der Waals surface area contributed by atoms with Crippen LogP contribution in [-0.4, -0.2) is 13.1 Å². The Morgan fingerprint density at radius 2 is 2.21 bits per heavy atom. The SMILES string of the molecule is CCNC/C=C/c1ccc(C)c(Cl)c1. The number of aryl methyl sites for hydroxylation is 1. The Morgan fingerprint density at radius 1 is 1.43 bits per heavy atom. The third-order valence-electron chi connectivity index (χ3n) is 2.02. The van der Waals surface area contributed by atoms with E-state index in [2.05, 4.69) is 30.5 Å². The van der Waals surface area contributed by atoms with E-state index in [0.29, 0.717) is 0 Å². The van der Waals surface area contributed by atoms with Gasteiger partial charge < -0.3 is 5.32 Å². The molecule has 0 aliphatic heterocycles. The van der Waals surface area contributed by atoms with Crippen LogP contribution >= 0.6 is 11.6 Å². The van der Waals surface area contributed by atoms with E-state index in [1.165, 1.54) is 0 Å². The molecule has 0 saturated heterocycles. The second kappa shape index (κ2) is 5.84. The second-order valence-corrected chi connectivity index (χ2v) is 3.63. The molecule has 0 amide bonds. The van der Waals surface area contributed by atoms with Crippen LogP contribution in [0.15, 0.2) is 24.3 Å². The van der Waals surface area contributed by atoms with Crippen molar-refractivity contribution in [3.05, 3.63) is 40.4 Å². The highest BCUT2D eigenvalue weighted by atomic mass is 35.5. The molecule has 0 spiro atoms. The van der Waals surface area contributed by atoms with Crippen molar-refractivity contribution in [1.82, 2.24) is 5.32 Å². The van der Waals surface area contributed by atoms with Gasteiger partial charge in [-0.25, -0.2) is 0 Å². The molecular weight excluding hydrogens is 194 g/mol. The molecule has 0 aliphatic rings. The Balaban J connectivity index is 2.59. The molecule has 0 saturated carbocycles. The molecule has 0 atom stereocenters. The number of nitrogens with one attached hydrogen (secondary N) is 1. The maximum Gasteiger partial charge on any atom is 0.0441 e. The summed E-state index contributed by atoms with van der Waals surface area (Å²) >= 11 is 6.00. The van der Waals surface area contributed by atoms with Crippen molar-refractivity contribution in [1.29, 1.82) is 0 Å². The first kappa shape index (κ1) is 11.3. The molecule has 0 bridgehead atoms. The molecule has 1 rings (SSSR count). The average molecular weight is 210 g/mol. The van der Waals surface area contributed by atoms with Gasteiger partial charge in [0.1, 0.15) is 0 Å². The first-order valence-electron chi connectivity index (χ1n) is 4.87. The molecule has 14 heavy (non-hydrogen) atoms. The Hall–Kier alpha value is -0.790. The van der Waals surface area contributed by atoms with Crippen LogP contribution in [0, 0.1) is 6.92 Å². The fraction of sp³-hybridized carbons (Fsp3) is 0.333. The molecule has 1 aromatic rings. The minimum absolute atomic E-state index is 0.829. The zero-order valence-electron chi connectivity index (χ0n) is 8.68. The predicted molar refractivity (Wildman–Crippen MR) is 63.8 cm³/mol. The molecule has 0 aromatic heterocycles. The van der Waals surface area contributed by atoms with Gasteiger partial charge in [0.05, 0.1) is 0 Å². The van der Waals surface area contributed by atoms with E-state index in [1.54, 1.807) is 0 Å². The second-order valence-electron chi connectivity index (χ2n) is 3.22. The number of halogens is 1. The van der Waals surface area contributed by atoms with Gasteiger partial charge in [0.25, 0.3) is 0 Å². The van der Waals surface area contributed by atoms with Crippen molar-refractivity contribution >= 4 is 17.7 Å². The van der Waals surface area contributed by atoms with Gasteiger partial charge in [-0.3, -0.25) is 0 Å². The maximum atomic E-state index is 6.00. The van der Waals surface area contributed by atoms with Crippen molar-refractivity contribution < 1.29 is 0 Å². The van der Waals surface area contributed by atoms with Crippen LogP contribution in [-0.2, 0) is 0 Å². The lowest BCUT2D eigenvalue weighted by atomic mass is 10.1. The molecule has 0 aliphatic carbocycles. The monoisotopic (exact) mass is 209 g/mol. The summed E-state index contributed by atoms with van der Waals surface area (Å²) in [5.74, 6) is 0. The van der Waals surface area contributed by atoms with Crippen LogP contribution in [0.1, 0.15) is 18.1 Å². The van der Waals surface area contributed by atoms with Gasteiger partial charge in [-0.2, -0.15) is 0 Å². The Kier molecular flexibility index (Phi) is 4.71. The van der Waals surface area contributed by atoms with Crippen LogP contribution in [0.5, 0.6) is 0 Å². The molecule has 1 nitrogen and oxygen atoms in total. The number of rotatable bonds is 4. The van der Waals surface area contributed by atoms with E-state index in [1.807, 2.05) is 19.1 Å². The minimum Gasteiger partial charge on any atom is -0.314 e. The third-order valence-corrected chi connectivity index (χ3v) is 2.43. The summed E-state index contributed by atoms with van der Waals surface area (Å²) in [6, 6.07) is 6.10. The summed E-state index contributed by atoms with van der Waals surface area (Å²) in [6.07, 6.45) is 4.18. The third kappa shape index (κ3) is 3.52. The topological polar surface area (TPSA) is 12.0 Å². The fourth-order valence-corrected chi connectivity index (χ4v) is 1.32. The zero-order chi connectivity index (χ0) is 10.4. The van der Waals surface area contributed by atoms with Gasteiger partial charge in [0.2, 0.25) is 0 Å². The van der Waals surface area contributed by atoms with Crippen molar-refractivity contribution in [3.63, 3.8) is 0 Å². The number of hydrogen-bond donors (Lipinski definition) is 1. The molecule has 2 heteroatoms. The Morgan fingerprint density at radius 3 is 2.86 bits per heavy atom. The van der Waals surface area contributed by atoms with Crippen molar-refractivity contribution in [2.45, 2.75) is 13.8 Å². The highest BCUT2D eigenvalue weighted by molar-refractivity contribution is 6.31. The maximum absolute atomic E-state index is 6.00. The predicted octanol–water partition coefficient (Wildman–Crippen LogP) is 3.27. The van der Waals surface area contributed by atoms with E-state index in [4.69, 9.17) is 11.6 Å². The van der Waals surface area contributed by atoms with Gasteiger partial charge in [0, 0.05) is 11.6 Å². The molecule has 0 unspecified atom stereocenters. The fourth-order valence-electron chi connectivity index (χ4n) is 1.14. The molecule has 0 heterocycles. The summed E-state index contributed by atoms with van der Waals surface area (Å²) in [6.45, 7) is 6.01. The Labute approximate surface area is 90.8 Å². The van der Waals surface area contributed by atoms with Crippen LogP contribution in [0.4, 0.5) is 0 Å². The zero-order valence-corrected chi connectivity index (χ0v) is 9.43. The van der Waals surface area contributed by atoms with Crippen molar-refractivity contribution in [2.24, 2.45) is 0 Å². The molecule has 1 N–H and O–H groups in total. The van der Waals surface area contributed by atoms with E-state index >= 15 is 0 Å². The molecular formula is C12H16ClN. The standard InChI is InChI=1S/C12H16ClN/c1-3-14-8-4-5-11-7-6-10(2)12(13)9-11/h4-7,9,14H,3,8H2,1-2H3/b5-4+. The smallest absolute Gasteiger partial charge is 0.0441 e. The summed E-state index contributed by atoms with van der Waals surface area (Å²) < 4.78 is 0. The van der Waals surface area contributed by atoms with Crippen molar-refractivity contribution in [3.8, 4) is 0 Å². The van der Waals surface area contributed by atoms with Crippen molar-refractivity contribution in [2.75, 3.05) is 13.1 Å². The number of likely N-dealkylation sites (N-methyl/N-ethyl adjacent to an activating group) is 1. The Bertz CT molecular complexity index is 318. The van der Waals surface area contributed by atoms with E-state index < -0.39 is 0 Å². The summed E-state index contributed by atoms with van der Waals surface area (Å²) in [5, 5.41) is 4.05. The normalized spacial score (nSPS) is 11.1. The number of hydrogen-bond acceptors (Lipinski definition) is 1. The summed E-state index contributed by atoms with van der Waals surface area (Å²) in [7, 11) is 0. The number of benzene rings is 1. The van der Waals surface area contributed by atoms with Crippen LogP contribution in [0.2, 0.25) is 5.02 Å².